The lowest BCUT2D eigenvalue weighted by molar-refractivity contribution is 0.0693. The third-order valence-electron chi connectivity index (χ3n) is 2.58. The fourth-order valence-corrected chi connectivity index (χ4v) is 1.94. The summed E-state index contributed by atoms with van der Waals surface area (Å²) in [5, 5.41) is 9.08. The molecule has 0 saturated heterocycles. The molecule has 0 fully saturated rings. The number of carbonyl (C=O) groups is 2. The molecule has 2 rings (SSSR count). The van der Waals surface area contributed by atoms with Crippen molar-refractivity contribution >= 4 is 23.4 Å². The van der Waals surface area contributed by atoms with Crippen LogP contribution in [-0.2, 0) is 0 Å². The standard InChI is InChI=1S/C14H8ClFO3/c15-11-3-1-2-10(12(11)14(18)19)13(17)8-4-6-9(16)7-5-8/h1-7H,(H,18,19). The van der Waals surface area contributed by atoms with Crippen molar-refractivity contribution in [3.05, 3.63) is 70.0 Å². The smallest absolute Gasteiger partial charge is 0.337 e. The molecule has 19 heavy (non-hydrogen) atoms. The molecule has 0 amide bonds. The van der Waals surface area contributed by atoms with Crippen molar-refractivity contribution in [2.75, 3.05) is 0 Å². The molecule has 0 radical (unpaired) electrons. The number of hydrogen-bond acceptors (Lipinski definition) is 2. The van der Waals surface area contributed by atoms with E-state index in [9.17, 15) is 14.0 Å². The second kappa shape index (κ2) is 5.20. The molecule has 0 unspecified atom stereocenters. The highest BCUT2D eigenvalue weighted by Gasteiger charge is 2.20. The van der Waals surface area contributed by atoms with Gasteiger partial charge in [-0.25, -0.2) is 9.18 Å². The van der Waals surface area contributed by atoms with Gasteiger partial charge in [0.25, 0.3) is 0 Å². The Labute approximate surface area is 113 Å². The monoisotopic (exact) mass is 278 g/mol. The normalized spacial score (nSPS) is 10.2. The van der Waals surface area contributed by atoms with Gasteiger partial charge in [-0.05, 0) is 30.3 Å². The summed E-state index contributed by atoms with van der Waals surface area (Å²) in [4.78, 5) is 23.3. The number of carboxylic acids is 1. The fraction of sp³-hybridized carbons (Fsp3) is 0. The van der Waals surface area contributed by atoms with Gasteiger partial charge in [0, 0.05) is 11.1 Å². The van der Waals surface area contributed by atoms with Crippen molar-refractivity contribution in [1.29, 1.82) is 0 Å². The zero-order valence-electron chi connectivity index (χ0n) is 9.56. The predicted molar refractivity (Wildman–Crippen MR) is 68.2 cm³/mol. The molecule has 2 aromatic rings. The number of aromatic carboxylic acids is 1. The molecule has 0 atom stereocenters. The maximum atomic E-state index is 12.8. The van der Waals surface area contributed by atoms with Crippen molar-refractivity contribution in [2.45, 2.75) is 0 Å². The van der Waals surface area contributed by atoms with Gasteiger partial charge in [-0.2, -0.15) is 0 Å². The predicted octanol–water partition coefficient (Wildman–Crippen LogP) is 3.41. The molecule has 3 nitrogen and oxygen atoms in total. The molecular formula is C14H8ClFO3. The van der Waals surface area contributed by atoms with Crippen LogP contribution in [0.1, 0.15) is 26.3 Å². The Morgan fingerprint density at radius 3 is 2.26 bits per heavy atom. The highest BCUT2D eigenvalue weighted by molar-refractivity contribution is 6.34. The van der Waals surface area contributed by atoms with Crippen molar-refractivity contribution in [2.24, 2.45) is 0 Å². The van der Waals surface area contributed by atoms with Crippen molar-refractivity contribution < 1.29 is 19.1 Å². The molecule has 5 heteroatoms. The van der Waals surface area contributed by atoms with Crippen LogP contribution < -0.4 is 0 Å². The highest BCUT2D eigenvalue weighted by atomic mass is 35.5. The number of carboxylic acid groups (broad SMARTS) is 1. The molecule has 96 valence electrons. The van der Waals surface area contributed by atoms with Crippen LogP contribution in [0, 0.1) is 5.82 Å². The largest absolute Gasteiger partial charge is 0.478 e. The van der Waals surface area contributed by atoms with E-state index in [1.54, 1.807) is 0 Å². The molecule has 2 aromatic carbocycles. The molecular weight excluding hydrogens is 271 g/mol. The van der Waals surface area contributed by atoms with E-state index >= 15 is 0 Å². The summed E-state index contributed by atoms with van der Waals surface area (Å²) in [7, 11) is 0. The van der Waals surface area contributed by atoms with Crippen molar-refractivity contribution in [3.63, 3.8) is 0 Å². The fourth-order valence-electron chi connectivity index (χ4n) is 1.69. The first kappa shape index (κ1) is 13.2. The molecule has 0 aromatic heterocycles. The third kappa shape index (κ3) is 2.63. The molecule has 0 spiro atoms. The highest BCUT2D eigenvalue weighted by Crippen LogP contribution is 2.22. The number of carbonyl (C=O) groups excluding carboxylic acids is 1. The van der Waals surface area contributed by atoms with Crippen LogP contribution in [-0.4, -0.2) is 16.9 Å². The summed E-state index contributed by atoms with van der Waals surface area (Å²) in [6, 6.07) is 9.13. The number of benzene rings is 2. The topological polar surface area (TPSA) is 54.4 Å². The van der Waals surface area contributed by atoms with E-state index in [1.807, 2.05) is 0 Å². The van der Waals surface area contributed by atoms with Crippen LogP contribution in [0.25, 0.3) is 0 Å². The number of rotatable bonds is 3. The Hall–Kier alpha value is -2.20. The minimum Gasteiger partial charge on any atom is -0.478 e. The maximum Gasteiger partial charge on any atom is 0.337 e. The number of ketones is 1. The molecule has 0 aliphatic rings. The van der Waals surface area contributed by atoms with Gasteiger partial charge in [-0.1, -0.05) is 23.7 Å². The summed E-state index contributed by atoms with van der Waals surface area (Å²) in [6.07, 6.45) is 0. The van der Waals surface area contributed by atoms with Gasteiger partial charge < -0.3 is 5.11 Å². The molecule has 0 aliphatic carbocycles. The van der Waals surface area contributed by atoms with Gasteiger partial charge in [0.05, 0.1) is 10.6 Å². The molecule has 0 bridgehead atoms. The lowest BCUT2D eigenvalue weighted by atomic mass is 9.98. The Morgan fingerprint density at radius 2 is 1.68 bits per heavy atom. The van der Waals surface area contributed by atoms with E-state index in [2.05, 4.69) is 0 Å². The van der Waals surface area contributed by atoms with Gasteiger partial charge in [0.1, 0.15) is 5.82 Å². The van der Waals surface area contributed by atoms with Crippen LogP contribution in [0.2, 0.25) is 5.02 Å². The van der Waals surface area contributed by atoms with Gasteiger partial charge in [0.2, 0.25) is 0 Å². The van der Waals surface area contributed by atoms with Crippen LogP contribution in [0.4, 0.5) is 4.39 Å². The SMILES string of the molecule is O=C(c1ccc(F)cc1)c1cccc(Cl)c1C(=O)O. The van der Waals surface area contributed by atoms with Gasteiger partial charge in [0.15, 0.2) is 5.78 Å². The number of hydrogen-bond donors (Lipinski definition) is 1. The Balaban J connectivity index is 2.53. The summed E-state index contributed by atoms with van der Waals surface area (Å²) >= 11 is 5.79. The average Bonchev–Trinajstić information content (AvgIpc) is 2.38. The lowest BCUT2D eigenvalue weighted by Gasteiger charge is -2.07. The van der Waals surface area contributed by atoms with Crippen LogP contribution >= 0.6 is 11.6 Å². The average molecular weight is 279 g/mol. The summed E-state index contributed by atoms with van der Waals surface area (Å²) in [5.74, 6) is -2.27. The van der Waals surface area contributed by atoms with Gasteiger partial charge in [-0.3, -0.25) is 4.79 Å². The zero-order valence-corrected chi connectivity index (χ0v) is 10.3. The third-order valence-corrected chi connectivity index (χ3v) is 2.89. The zero-order chi connectivity index (χ0) is 14.0. The quantitative estimate of drug-likeness (QED) is 0.876. The summed E-state index contributed by atoms with van der Waals surface area (Å²) < 4.78 is 12.8. The first-order chi connectivity index (χ1) is 9.00. The molecule has 0 heterocycles. The van der Waals surface area contributed by atoms with Crippen LogP contribution in [0.15, 0.2) is 42.5 Å². The lowest BCUT2D eigenvalue weighted by Crippen LogP contribution is -2.10. The van der Waals surface area contributed by atoms with Crippen LogP contribution in [0.3, 0.4) is 0 Å². The summed E-state index contributed by atoms with van der Waals surface area (Å²) in [5.41, 5.74) is -0.0729. The summed E-state index contributed by atoms with van der Waals surface area (Å²) in [6.45, 7) is 0. The Bertz CT molecular complexity index is 650. The van der Waals surface area contributed by atoms with E-state index in [0.717, 1.165) is 12.1 Å². The van der Waals surface area contributed by atoms with E-state index in [-0.39, 0.29) is 21.7 Å². The van der Waals surface area contributed by atoms with Gasteiger partial charge in [-0.15, -0.1) is 0 Å². The van der Waals surface area contributed by atoms with Gasteiger partial charge >= 0.3 is 5.97 Å². The first-order valence-electron chi connectivity index (χ1n) is 5.33. The van der Waals surface area contributed by atoms with E-state index < -0.39 is 17.6 Å². The van der Waals surface area contributed by atoms with Crippen molar-refractivity contribution in [1.82, 2.24) is 0 Å². The first-order valence-corrected chi connectivity index (χ1v) is 5.70. The number of halogens is 2. The molecule has 0 aliphatic heterocycles. The Kier molecular flexibility index (Phi) is 3.62. The maximum absolute atomic E-state index is 12.8. The van der Waals surface area contributed by atoms with E-state index in [0.29, 0.717) is 0 Å². The molecule has 1 N–H and O–H groups in total. The van der Waals surface area contributed by atoms with E-state index in [1.165, 1.54) is 30.3 Å². The minimum absolute atomic E-state index is 0.0135. The van der Waals surface area contributed by atoms with Crippen molar-refractivity contribution in [3.8, 4) is 0 Å². The Morgan fingerprint density at radius 1 is 1.05 bits per heavy atom. The van der Waals surface area contributed by atoms with E-state index in [4.69, 9.17) is 16.7 Å². The minimum atomic E-state index is -1.28. The molecule has 0 saturated carbocycles. The second-order valence-corrected chi connectivity index (χ2v) is 4.21. The van der Waals surface area contributed by atoms with Crippen LogP contribution in [0.5, 0.6) is 0 Å². The second-order valence-electron chi connectivity index (χ2n) is 3.80.